The van der Waals surface area contributed by atoms with Gasteiger partial charge in [-0.25, -0.2) is 4.99 Å². The average molecular weight is 563 g/mol. The quantitative estimate of drug-likeness (QED) is 0.170. The van der Waals surface area contributed by atoms with Crippen LogP contribution in [0.15, 0.2) is 59.6 Å². The minimum Gasteiger partial charge on any atom is -0.496 e. The molecule has 0 aliphatic rings. The fourth-order valence-corrected chi connectivity index (χ4v) is 3.27. The number of guanidine groups is 1. The van der Waals surface area contributed by atoms with Gasteiger partial charge in [-0.15, -0.1) is 34.2 Å². The Bertz CT molecular complexity index is 1010. The molecule has 3 aromatic rings. The monoisotopic (exact) mass is 563 g/mol. The number of methoxy groups -OCH3 is 1. The molecule has 0 atom stereocenters. The Morgan fingerprint density at radius 1 is 1.06 bits per heavy atom. The summed E-state index contributed by atoms with van der Waals surface area (Å²) in [7, 11) is 5.76. The molecular formula is C24H34IN7O. The van der Waals surface area contributed by atoms with Crippen molar-refractivity contribution in [1.29, 1.82) is 0 Å². The van der Waals surface area contributed by atoms with Crippen LogP contribution >= 0.6 is 24.0 Å². The maximum atomic E-state index is 5.46. The first-order valence-electron chi connectivity index (χ1n) is 10.8. The minimum absolute atomic E-state index is 0. The number of para-hydroxylation sites is 2. The fraction of sp³-hybridized carbons (Fsp3) is 0.375. The number of aryl methyl sites for hydroxylation is 1. The molecule has 0 fully saturated rings. The highest BCUT2D eigenvalue weighted by atomic mass is 127. The molecule has 0 bridgehead atoms. The molecule has 0 amide bonds. The molecule has 33 heavy (non-hydrogen) atoms. The number of nitrogens with one attached hydrogen (secondary N) is 2. The molecule has 9 heteroatoms. The minimum atomic E-state index is 0. The number of hydrogen-bond donors (Lipinski definition) is 2. The molecule has 1 heterocycles. The van der Waals surface area contributed by atoms with Crippen LogP contribution in [0.2, 0.25) is 0 Å². The first-order valence-corrected chi connectivity index (χ1v) is 10.8. The first-order chi connectivity index (χ1) is 15.6. The molecule has 3 rings (SSSR count). The lowest BCUT2D eigenvalue weighted by atomic mass is 10.2. The largest absolute Gasteiger partial charge is 0.496 e. The van der Waals surface area contributed by atoms with Gasteiger partial charge >= 0.3 is 0 Å². The molecule has 2 N–H and O–H groups in total. The van der Waals surface area contributed by atoms with E-state index < -0.39 is 0 Å². The fourth-order valence-electron chi connectivity index (χ4n) is 3.27. The van der Waals surface area contributed by atoms with Crippen LogP contribution in [0.4, 0.5) is 5.69 Å². The Balaban J connectivity index is 0.00000385. The van der Waals surface area contributed by atoms with Gasteiger partial charge in [-0.1, -0.05) is 36.4 Å². The Morgan fingerprint density at radius 3 is 2.48 bits per heavy atom. The molecule has 0 saturated heterocycles. The summed E-state index contributed by atoms with van der Waals surface area (Å²) in [5.41, 5.74) is 2.25. The van der Waals surface area contributed by atoms with Gasteiger partial charge in [0.15, 0.2) is 11.8 Å². The summed E-state index contributed by atoms with van der Waals surface area (Å²) in [5, 5.41) is 15.2. The molecular weight excluding hydrogens is 529 g/mol. The lowest BCUT2D eigenvalue weighted by Gasteiger charge is -2.20. The standard InChI is InChI=1S/C24H33N7O.HI/c1-19-28-29-23(31(19)3)18-27-24(26-17-20-11-8-9-14-22(20)32-4)25-15-10-16-30(2)21-12-6-5-7-13-21;/h5-9,11-14H,10,15-18H2,1-4H3,(H2,25,26,27);1H. The van der Waals surface area contributed by atoms with Crippen LogP contribution < -0.4 is 20.3 Å². The summed E-state index contributed by atoms with van der Waals surface area (Å²) in [6.07, 6.45) is 0.976. The molecule has 0 aliphatic heterocycles. The lowest BCUT2D eigenvalue weighted by molar-refractivity contribution is 0.410. The van der Waals surface area contributed by atoms with E-state index in [1.807, 2.05) is 48.9 Å². The normalized spacial score (nSPS) is 11.0. The van der Waals surface area contributed by atoms with Gasteiger partial charge in [0.25, 0.3) is 0 Å². The number of nitrogens with zero attached hydrogens (tertiary/aromatic N) is 5. The van der Waals surface area contributed by atoms with Crippen LogP contribution in [0.25, 0.3) is 0 Å². The van der Waals surface area contributed by atoms with Crippen molar-refractivity contribution in [2.24, 2.45) is 12.0 Å². The van der Waals surface area contributed by atoms with Gasteiger partial charge in [0.2, 0.25) is 0 Å². The summed E-state index contributed by atoms with van der Waals surface area (Å²) in [6.45, 7) is 4.74. The molecule has 0 radical (unpaired) electrons. The highest BCUT2D eigenvalue weighted by Crippen LogP contribution is 2.18. The number of hydrogen-bond acceptors (Lipinski definition) is 5. The van der Waals surface area contributed by atoms with Crippen molar-refractivity contribution in [2.75, 3.05) is 32.1 Å². The second kappa shape index (κ2) is 13.7. The van der Waals surface area contributed by atoms with Crippen molar-refractivity contribution >= 4 is 35.6 Å². The maximum Gasteiger partial charge on any atom is 0.191 e. The van der Waals surface area contributed by atoms with Crippen LogP contribution in [0.1, 0.15) is 23.6 Å². The zero-order valence-electron chi connectivity index (χ0n) is 19.8. The van der Waals surface area contributed by atoms with E-state index >= 15 is 0 Å². The third kappa shape index (κ3) is 7.92. The molecule has 0 spiro atoms. The number of halogens is 1. The third-order valence-corrected chi connectivity index (χ3v) is 5.36. The Labute approximate surface area is 213 Å². The Hall–Kier alpha value is -2.82. The first kappa shape index (κ1) is 26.4. The van der Waals surface area contributed by atoms with E-state index in [0.717, 1.165) is 48.4 Å². The smallest absolute Gasteiger partial charge is 0.191 e. The lowest BCUT2D eigenvalue weighted by Crippen LogP contribution is -2.39. The zero-order chi connectivity index (χ0) is 22.8. The number of ether oxygens (including phenoxy) is 1. The summed E-state index contributed by atoms with van der Waals surface area (Å²) in [6, 6.07) is 18.3. The van der Waals surface area contributed by atoms with Gasteiger partial charge in [0, 0.05) is 38.4 Å². The van der Waals surface area contributed by atoms with E-state index in [9.17, 15) is 0 Å². The van der Waals surface area contributed by atoms with Gasteiger partial charge in [0.05, 0.1) is 20.2 Å². The van der Waals surface area contributed by atoms with Crippen LogP contribution in [0.3, 0.4) is 0 Å². The number of rotatable bonds is 10. The van der Waals surface area contributed by atoms with Gasteiger partial charge in [0.1, 0.15) is 11.6 Å². The van der Waals surface area contributed by atoms with Crippen molar-refractivity contribution in [3.8, 4) is 5.75 Å². The second-order valence-corrected chi connectivity index (χ2v) is 7.59. The van der Waals surface area contributed by atoms with E-state index in [2.05, 4.69) is 57.0 Å². The molecule has 0 saturated carbocycles. The summed E-state index contributed by atoms with van der Waals surface area (Å²) < 4.78 is 7.43. The van der Waals surface area contributed by atoms with E-state index in [1.54, 1.807) is 7.11 Å². The predicted octanol–water partition coefficient (Wildman–Crippen LogP) is 3.51. The van der Waals surface area contributed by atoms with Crippen LogP contribution in [-0.2, 0) is 20.1 Å². The number of aliphatic imine (C=N–C) groups is 1. The summed E-state index contributed by atoms with van der Waals surface area (Å²) in [5.74, 6) is 3.31. The van der Waals surface area contributed by atoms with Gasteiger partial charge in [-0.3, -0.25) is 0 Å². The predicted molar refractivity (Wildman–Crippen MR) is 144 cm³/mol. The van der Waals surface area contributed by atoms with Crippen molar-refractivity contribution < 1.29 is 4.74 Å². The zero-order valence-corrected chi connectivity index (χ0v) is 22.1. The molecule has 1 aromatic heterocycles. The molecule has 0 aliphatic carbocycles. The molecule has 178 valence electrons. The van der Waals surface area contributed by atoms with Crippen molar-refractivity contribution in [3.63, 3.8) is 0 Å². The van der Waals surface area contributed by atoms with Gasteiger partial charge in [-0.05, 0) is 31.5 Å². The van der Waals surface area contributed by atoms with E-state index in [0.29, 0.717) is 13.1 Å². The Morgan fingerprint density at radius 2 is 1.79 bits per heavy atom. The molecule has 2 aromatic carbocycles. The number of benzene rings is 2. The van der Waals surface area contributed by atoms with Crippen LogP contribution in [0.5, 0.6) is 5.75 Å². The summed E-state index contributed by atoms with van der Waals surface area (Å²) in [4.78, 5) is 7.03. The highest BCUT2D eigenvalue weighted by Gasteiger charge is 2.08. The van der Waals surface area contributed by atoms with E-state index in [1.165, 1.54) is 5.69 Å². The Kier molecular flexibility index (Phi) is 10.9. The second-order valence-electron chi connectivity index (χ2n) is 7.59. The molecule has 0 unspecified atom stereocenters. The van der Waals surface area contributed by atoms with E-state index in [-0.39, 0.29) is 24.0 Å². The van der Waals surface area contributed by atoms with Crippen molar-refractivity contribution in [3.05, 3.63) is 71.8 Å². The number of anilines is 1. The van der Waals surface area contributed by atoms with Crippen molar-refractivity contribution in [1.82, 2.24) is 25.4 Å². The van der Waals surface area contributed by atoms with Crippen LogP contribution in [0, 0.1) is 6.92 Å². The van der Waals surface area contributed by atoms with E-state index in [4.69, 9.17) is 9.73 Å². The van der Waals surface area contributed by atoms with Crippen molar-refractivity contribution in [2.45, 2.75) is 26.4 Å². The maximum absolute atomic E-state index is 5.46. The molecule has 8 nitrogen and oxygen atoms in total. The van der Waals surface area contributed by atoms with Gasteiger partial charge < -0.3 is 24.8 Å². The SMILES string of the molecule is COc1ccccc1CN=C(NCCCN(C)c1ccccc1)NCc1nnc(C)n1C.I. The summed E-state index contributed by atoms with van der Waals surface area (Å²) >= 11 is 0. The topological polar surface area (TPSA) is 79.6 Å². The van der Waals surface area contributed by atoms with Crippen LogP contribution in [-0.4, -0.2) is 48.0 Å². The highest BCUT2D eigenvalue weighted by molar-refractivity contribution is 14.0. The average Bonchev–Trinajstić information content (AvgIpc) is 3.15. The third-order valence-electron chi connectivity index (χ3n) is 5.36. The number of aromatic nitrogens is 3. The van der Waals surface area contributed by atoms with Gasteiger partial charge in [-0.2, -0.15) is 0 Å².